The van der Waals surface area contributed by atoms with Gasteiger partial charge in [0.1, 0.15) is 0 Å². The second-order valence-corrected chi connectivity index (χ2v) is 4.79. The first-order chi connectivity index (χ1) is 7.29. The van der Waals surface area contributed by atoms with Gasteiger partial charge >= 0.3 is 6.03 Å². The predicted molar refractivity (Wildman–Crippen MR) is 59.5 cm³/mol. The van der Waals surface area contributed by atoms with E-state index in [1.165, 1.54) is 19.3 Å². The number of carbonyl (C=O) groups excluding carboxylic acids is 1. The molecule has 1 aliphatic carbocycles. The Bertz CT molecular complexity index is 220. The highest BCUT2D eigenvalue weighted by Gasteiger charge is 2.30. The Morgan fingerprint density at radius 3 is 2.53 bits per heavy atom. The number of nitrogens with two attached hydrogens (primary N) is 1. The van der Waals surface area contributed by atoms with Crippen molar-refractivity contribution in [1.82, 2.24) is 10.2 Å². The maximum Gasteiger partial charge on any atom is 0.317 e. The Morgan fingerprint density at radius 2 is 1.93 bits per heavy atom. The summed E-state index contributed by atoms with van der Waals surface area (Å²) < 4.78 is 0. The van der Waals surface area contributed by atoms with Gasteiger partial charge in [0.15, 0.2) is 0 Å². The third kappa shape index (κ3) is 2.62. The van der Waals surface area contributed by atoms with Gasteiger partial charge < -0.3 is 16.0 Å². The standard InChI is InChI=1S/C11H21N3O/c12-6-9-7-14(8-9)11(15)13-10-4-2-1-3-5-10/h9-10H,1-8,12H2,(H,13,15). The third-order valence-electron chi connectivity index (χ3n) is 3.51. The second-order valence-electron chi connectivity index (χ2n) is 4.79. The molecule has 0 aromatic rings. The highest BCUT2D eigenvalue weighted by Crippen LogP contribution is 2.19. The molecule has 0 aromatic carbocycles. The van der Waals surface area contributed by atoms with Crippen LogP contribution in [0.25, 0.3) is 0 Å². The van der Waals surface area contributed by atoms with E-state index in [0.29, 0.717) is 18.5 Å². The van der Waals surface area contributed by atoms with E-state index < -0.39 is 0 Å². The van der Waals surface area contributed by atoms with E-state index >= 15 is 0 Å². The zero-order chi connectivity index (χ0) is 10.7. The maximum absolute atomic E-state index is 11.7. The van der Waals surface area contributed by atoms with Crippen molar-refractivity contribution in [2.45, 2.75) is 38.1 Å². The van der Waals surface area contributed by atoms with Crippen molar-refractivity contribution in [3.05, 3.63) is 0 Å². The Morgan fingerprint density at radius 1 is 1.27 bits per heavy atom. The highest BCUT2D eigenvalue weighted by atomic mass is 16.2. The first kappa shape index (κ1) is 10.7. The number of urea groups is 1. The average molecular weight is 211 g/mol. The minimum absolute atomic E-state index is 0.117. The van der Waals surface area contributed by atoms with Crippen molar-refractivity contribution < 1.29 is 4.79 Å². The summed E-state index contributed by atoms with van der Waals surface area (Å²) in [6.07, 6.45) is 6.15. The summed E-state index contributed by atoms with van der Waals surface area (Å²) in [5.41, 5.74) is 5.52. The van der Waals surface area contributed by atoms with E-state index in [0.717, 1.165) is 25.9 Å². The fourth-order valence-corrected chi connectivity index (χ4v) is 2.40. The van der Waals surface area contributed by atoms with Crippen molar-refractivity contribution >= 4 is 6.03 Å². The molecule has 1 aliphatic heterocycles. The largest absolute Gasteiger partial charge is 0.335 e. The van der Waals surface area contributed by atoms with Gasteiger partial charge in [-0.05, 0) is 19.4 Å². The molecule has 1 saturated heterocycles. The summed E-state index contributed by atoms with van der Waals surface area (Å²) in [6, 6.07) is 0.537. The van der Waals surface area contributed by atoms with E-state index in [9.17, 15) is 4.79 Å². The smallest absolute Gasteiger partial charge is 0.317 e. The van der Waals surface area contributed by atoms with Crippen molar-refractivity contribution in [3.63, 3.8) is 0 Å². The predicted octanol–water partition coefficient (Wildman–Crippen LogP) is 0.919. The lowest BCUT2D eigenvalue weighted by Crippen LogP contribution is -2.57. The molecular weight excluding hydrogens is 190 g/mol. The average Bonchev–Trinajstić information content (AvgIpc) is 2.17. The molecule has 0 spiro atoms. The molecule has 2 rings (SSSR count). The Balaban J connectivity index is 1.68. The number of rotatable bonds is 2. The maximum atomic E-state index is 11.7. The Hall–Kier alpha value is -0.770. The molecule has 0 unspecified atom stereocenters. The Labute approximate surface area is 91.2 Å². The molecule has 1 heterocycles. The molecule has 4 heteroatoms. The molecule has 0 atom stereocenters. The van der Waals surface area contributed by atoms with E-state index in [1.807, 2.05) is 4.90 Å². The summed E-state index contributed by atoms with van der Waals surface area (Å²) in [5.74, 6) is 0.530. The molecule has 86 valence electrons. The van der Waals surface area contributed by atoms with Gasteiger partial charge in [-0.1, -0.05) is 19.3 Å². The van der Waals surface area contributed by atoms with Crippen LogP contribution in [0.3, 0.4) is 0 Å². The zero-order valence-electron chi connectivity index (χ0n) is 9.24. The monoisotopic (exact) mass is 211 g/mol. The molecule has 1 saturated carbocycles. The van der Waals surface area contributed by atoms with Crippen LogP contribution in [0.5, 0.6) is 0 Å². The molecule has 2 aliphatic rings. The van der Waals surface area contributed by atoms with Crippen LogP contribution in [0.4, 0.5) is 4.79 Å². The van der Waals surface area contributed by atoms with Gasteiger partial charge in [0.2, 0.25) is 0 Å². The van der Waals surface area contributed by atoms with Gasteiger partial charge in [0, 0.05) is 25.0 Å². The molecule has 3 N–H and O–H groups in total. The van der Waals surface area contributed by atoms with Gasteiger partial charge in [-0.25, -0.2) is 4.79 Å². The molecule has 0 bridgehead atoms. The molecular formula is C11H21N3O. The summed E-state index contributed by atoms with van der Waals surface area (Å²) in [4.78, 5) is 13.6. The van der Waals surface area contributed by atoms with Crippen LogP contribution < -0.4 is 11.1 Å². The summed E-state index contributed by atoms with van der Waals surface area (Å²) in [5, 5.41) is 3.11. The molecule has 4 nitrogen and oxygen atoms in total. The number of nitrogens with one attached hydrogen (secondary N) is 1. The number of likely N-dealkylation sites (tertiary alicyclic amines) is 1. The summed E-state index contributed by atoms with van der Waals surface area (Å²) in [7, 11) is 0. The highest BCUT2D eigenvalue weighted by molar-refractivity contribution is 5.75. The summed E-state index contributed by atoms with van der Waals surface area (Å²) in [6.45, 7) is 2.39. The van der Waals surface area contributed by atoms with E-state index in [2.05, 4.69) is 5.32 Å². The fraction of sp³-hybridized carbons (Fsp3) is 0.909. The van der Waals surface area contributed by atoms with Gasteiger partial charge in [0.05, 0.1) is 0 Å². The fourth-order valence-electron chi connectivity index (χ4n) is 2.40. The van der Waals surface area contributed by atoms with E-state index in [-0.39, 0.29) is 6.03 Å². The van der Waals surface area contributed by atoms with Crippen LogP contribution in [0.2, 0.25) is 0 Å². The molecule has 0 aromatic heterocycles. The van der Waals surface area contributed by atoms with Crippen molar-refractivity contribution in [2.24, 2.45) is 11.7 Å². The molecule has 2 amide bonds. The Kier molecular flexibility index (Phi) is 3.46. The number of hydrogen-bond acceptors (Lipinski definition) is 2. The number of amides is 2. The quantitative estimate of drug-likeness (QED) is 0.713. The lowest BCUT2D eigenvalue weighted by atomic mass is 9.95. The topological polar surface area (TPSA) is 58.4 Å². The first-order valence-corrected chi connectivity index (χ1v) is 6.05. The minimum atomic E-state index is 0.117. The van der Waals surface area contributed by atoms with Crippen LogP contribution in [-0.4, -0.2) is 36.6 Å². The molecule has 15 heavy (non-hydrogen) atoms. The second kappa shape index (κ2) is 4.84. The van der Waals surface area contributed by atoms with Gasteiger partial charge in [-0.2, -0.15) is 0 Å². The van der Waals surface area contributed by atoms with Crippen LogP contribution in [0.1, 0.15) is 32.1 Å². The SMILES string of the molecule is NCC1CN(C(=O)NC2CCCCC2)C1. The van der Waals surface area contributed by atoms with Crippen LogP contribution >= 0.6 is 0 Å². The zero-order valence-corrected chi connectivity index (χ0v) is 9.24. The number of hydrogen-bond donors (Lipinski definition) is 2. The van der Waals surface area contributed by atoms with E-state index in [1.54, 1.807) is 0 Å². The van der Waals surface area contributed by atoms with Crippen LogP contribution in [0, 0.1) is 5.92 Å². The molecule has 0 radical (unpaired) electrons. The van der Waals surface area contributed by atoms with E-state index in [4.69, 9.17) is 5.73 Å². The summed E-state index contributed by atoms with van der Waals surface area (Å²) >= 11 is 0. The van der Waals surface area contributed by atoms with Crippen LogP contribution in [0.15, 0.2) is 0 Å². The first-order valence-electron chi connectivity index (χ1n) is 6.05. The molecule has 2 fully saturated rings. The van der Waals surface area contributed by atoms with Crippen LogP contribution in [-0.2, 0) is 0 Å². The van der Waals surface area contributed by atoms with Crippen molar-refractivity contribution in [2.75, 3.05) is 19.6 Å². The lowest BCUT2D eigenvalue weighted by molar-refractivity contribution is 0.120. The van der Waals surface area contributed by atoms with Gasteiger partial charge in [0.25, 0.3) is 0 Å². The number of nitrogens with zero attached hydrogens (tertiary/aromatic N) is 1. The van der Waals surface area contributed by atoms with Gasteiger partial charge in [-0.3, -0.25) is 0 Å². The van der Waals surface area contributed by atoms with Crippen molar-refractivity contribution in [3.8, 4) is 0 Å². The third-order valence-corrected chi connectivity index (χ3v) is 3.51. The number of carbonyl (C=O) groups is 1. The van der Waals surface area contributed by atoms with Gasteiger partial charge in [-0.15, -0.1) is 0 Å². The lowest BCUT2D eigenvalue weighted by Gasteiger charge is -2.39. The van der Waals surface area contributed by atoms with Crippen molar-refractivity contribution in [1.29, 1.82) is 0 Å². The minimum Gasteiger partial charge on any atom is -0.335 e. The normalized spacial score (nSPS) is 23.7.